The summed E-state index contributed by atoms with van der Waals surface area (Å²) in [7, 11) is 0. The topological polar surface area (TPSA) is 99.3 Å². The standard InChI is InChI=1S/C36H32F3N4O4S/c1-23-7-6-9-30(24(23)2)35(44)47-36(20-43-22-41-21-42-43,31-14-13-28(37)16-33(31)39)25(3)48-29-18-45-34(46-19-29)10-5-4-8-27-12-11-26(17-40)15-32(27)38/h4-16,21-22,25,29,34H,2,18-20H2,1,3H3/b8-4+,10-5+/t25-,29-,34-,36-/m1/s1. The third kappa shape index (κ3) is 8.05. The molecule has 1 aliphatic heterocycles. The SMILES string of the molecule is [CH2]c1c(C)cccc1C(=O)O[C@@](Cn1cncn1)(c1ccc(F)cc1F)[C@@H](C)S[C@H]1CO[C@H](/C=C/C=C/c2ccc(C#N)cc2F)OC1. The summed E-state index contributed by atoms with van der Waals surface area (Å²) in [6, 6.07) is 14.4. The first-order valence-corrected chi connectivity index (χ1v) is 15.9. The van der Waals surface area contributed by atoms with E-state index >= 15 is 4.39 Å². The molecule has 0 saturated carbocycles. The van der Waals surface area contributed by atoms with Gasteiger partial charge < -0.3 is 14.2 Å². The predicted molar refractivity (Wildman–Crippen MR) is 175 cm³/mol. The number of hydrogen-bond acceptors (Lipinski definition) is 8. The molecular formula is C36H32F3N4O4S. The van der Waals surface area contributed by atoms with Crippen molar-refractivity contribution in [2.45, 2.75) is 42.8 Å². The smallest absolute Gasteiger partial charge is 0.339 e. The second-order valence-corrected chi connectivity index (χ2v) is 12.8. The molecule has 2 atom stereocenters. The minimum Gasteiger partial charge on any atom is -0.447 e. The van der Waals surface area contributed by atoms with Gasteiger partial charge in [0, 0.05) is 22.4 Å². The van der Waals surface area contributed by atoms with Crippen LogP contribution < -0.4 is 0 Å². The molecule has 0 bridgehead atoms. The molecule has 5 rings (SSSR count). The average molecular weight is 674 g/mol. The number of rotatable bonds is 11. The van der Waals surface area contributed by atoms with E-state index in [1.165, 1.54) is 53.4 Å². The van der Waals surface area contributed by atoms with Crippen LogP contribution in [0.5, 0.6) is 0 Å². The first-order valence-electron chi connectivity index (χ1n) is 15.0. The Hall–Kier alpha value is -4.70. The second-order valence-electron chi connectivity index (χ2n) is 11.1. The molecule has 4 aromatic rings. The first kappa shape index (κ1) is 34.6. The summed E-state index contributed by atoms with van der Waals surface area (Å²) < 4.78 is 63.5. The highest BCUT2D eigenvalue weighted by Gasteiger charge is 2.47. The van der Waals surface area contributed by atoms with Crippen LogP contribution in [0.1, 0.15) is 45.1 Å². The van der Waals surface area contributed by atoms with Crippen molar-refractivity contribution >= 4 is 23.8 Å². The van der Waals surface area contributed by atoms with Crippen LogP contribution in [-0.4, -0.2) is 50.7 Å². The molecule has 1 aliphatic rings. The number of aromatic nitrogens is 3. The number of carbonyl (C=O) groups is 1. The molecule has 1 fully saturated rings. The third-order valence-corrected chi connectivity index (χ3v) is 9.33. The van der Waals surface area contributed by atoms with Gasteiger partial charge in [-0.2, -0.15) is 10.4 Å². The van der Waals surface area contributed by atoms with Crippen LogP contribution in [0.15, 0.2) is 85.5 Å². The van der Waals surface area contributed by atoms with Gasteiger partial charge >= 0.3 is 5.97 Å². The average Bonchev–Trinajstić information content (AvgIpc) is 3.58. The molecule has 247 valence electrons. The fraction of sp³-hybridized carbons (Fsp3) is 0.250. The second kappa shape index (κ2) is 15.5. The largest absolute Gasteiger partial charge is 0.447 e. The van der Waals surface area contributed by atoms with Gasteiger partial charge in [-0.15, -0.1) is 11.8 Å². The van der Waals surface area contributed by atoms with E-state index in [1.54, 1.807) is 43.4 Å². The van der Waals surface area contributed by atoms with Crippen LogP contribution in [0.2, 0.25) is 0 Å². The number of hydrogen-bond donors (Lipinski definition) is 0. The summed E-state index contributed by atoms with van der Waals surface area (Å²) in [5.74, 6) is -2.89. The maximum atomic E-state index is 15.7. The van der Waals surface area contributed by atoms with Crippen LogP contribution in [-0.2, 0) is 26.4 Å². The molecular weight excluding hydrogens is 641 g/mol. The van der Waals surface area contributed by atoms with Gasteiger partial charge in [0.05, 0.1) is 42.2 Å². The quantitative estimate of drug-likeness (QED) is 0.125. The molecule has 0 amide bonds. The fourth-order valence-electron chi connectivity index (χ4n) is 5.24. The monoisotopic (exact) mass is 673 g/mol. The number of thioether (sulfide) groups is 1. The van der Waals surface area contributed by atoms with Crippen molar-refractivity contribution in [3.63, 3.8) is 0 Å². The van der Waals surface area contributed by atoms with Crippen molar-refractivity contribution in [1.29, 1.82) is 5.26 Å². The van der Waals surface area contributed by atoms with Crippen molar-refractivity contribution in [2.24, 2.45) is 0 Å². The molecule has 2 heterocycles. The number of benzene rings is 3. The van der Waals surface area contributed by atoms with Crippen LogP contribution in [0.25, 0.3) is 6.08 Å². The lowest BCUT2D eigenvalue weighted by Gasteiger charge is -2.40. The van der Waals surface area contributed by atoms with E-state index in [0.29, 0.717) is 11.1 Å². The van der Waals surface area contributed by atoms with Gasteiger partial charge in [-0.1, -0.05) is 36.4 Å². The Morgan fingerprint density at radius 1 is 1.17 bits per heavy atom. The highest BCUT2D eigenvalue weighted by atomic mass is 32.2. The van der Waals surface area contributed by atoms with Crippen LogP contribution in [0.3, 0.4) is 0 Å². The number of nitrogens with zero attached hydrogens (tertiary/aromatic N) is 4. The predicted octanol–water partition coefficient (Wildman–Crippen LogP) is 6.94. The zero-order valence-electron chi connectivity index (χ0n) is 26.2. The Morgan fingerprint density at radius 3 is 2.65 bits per heavy atom. The highest BCUT2D eigenvalue weighted by Crippen LogP contribution is 2.42. The third-order valence-electron chi connectivity index (χ3n) is 7.89. The van der Waals surface area contributed by atoms with E-state index in [2.05, 4.69) is 17.0 Å². The fourth-order valence-corrected chi connectivity index (χ4v) is 6.60. The normalized spacial score (nSPS) is 18.4. The molecule has 8 nitrogen and oxygen atoms in total. The number of esters is 1. The van der Waals surface area contributed by atoms with E-state index < -0.39 is 40.6 Å². The van der Waals surface area contributed by atoms with E-state index in [-0.39, 0.29) is 41.7 Å². The zero-order chi connectivity index (χ0) is 34.3. The molecule has 0 unspecified atom stereocenters. The lowest BCUT2D eigenvalue weighted by molar-refractivity contribution is -0.146. The van der Waals surface area contributed by atoms with Gasteiger partial charge in [-0.25, -0.2) is 27.6 Å². The maximum absolute atomic E-state index is 15.7. The number of nitriles is 1. The minimum absolute atomic E-state index is 0.0324. The van der Waals surface area contributed by atoms with Gasteiger partial charge in [0.1, 0.15) is 30.1 Å². The lowest BCUT2D eigenvalue weighted by atomic mass is 9.89. The molecule has 0 spiro atoms. The number of aryl methyl sites for hydroxylation is 1. The summed E-state index contributed by atoms with van der Waals surface area (Å²) in [4.78, 5) is 17.8. The Morgan fingerprint density at radius 2 is 1.96 bits per heavy atom. The molecule has 1 aromatic heterocycles. The van der Waals surface area contributed by atoms with Gasteiger partial charge in [0.15, 0.2) is 11.9 Å². The molecule has 1 saturated heterocycles. The van der Waals surface area contributed by atoms with E-state index in [1.807, 2.05) is 19.1 Å². The summed E-state index contributed by atoms with van der Waals surface area (Å²) in [5, 5.41) is 12.2. The van der Waals surface area contributed by atoms with Gasteiger partial charge in [-0.3, -0.25) is 0 Å². The van der Waals surface area contributed by atoms with Crippen molar-refractivity contribution in [1.82, 2.24) is 14.8 Å². The Kier molecular flexibility index (Phi) is 11.2. The van der Waals surface area contributed by atoms with Crippen molar-refractivity contribution < 1.29 is 32.2 Å². The minimum atomic E-state index is -1.69. The van der Waals surface area contributed by atoms with E-state index in [4.69, 9.17) is 19.5 Å². The Balaban J connectivity index is 1.35. The number of allylic oxidation sites excluding steroid dienone is 2. The summed E-state index contributed by atoms with van der Waals surface area (Å²) >= 11 is 1.37. The Labute approximate surface area is 280 Å². The Bertz CT molecular complexity index is 1850. The van der Waals surface area contributed by atoms with Crippen molar-refractivity contribution in [3.05, 3.63) is 143 Å². The molecule has 1 radical (unpaired) electrons. The molecule has 0 N–H and O–H groups in total. The van der Waals surface area contributed by atoms with E-state index in [9.17, 15) is 13.6 Å². The number of carbonyl (C=O) groups excluding carboxylic acids is 1. The van der Waals surface area contributed by atoms with Crippen LogP contribution in [0, 0.1) is 42.6 Å². The zero-order valence-corrected chi connectivity index (χ0v) is 27.0. The number of ether oxygens (including phenoxy) is 3. The molecule has 12 heteroatoms. The summed E-state index contributed by atoms with van der Waals surface area (Å²) in [6.45, 7) is 8.00. The van der Waals surface area contributed by atoms with Gasteiger partial charge in [-0.05, 0) is 68.3 Å². The summed E-state index contributed by atoms with van der Waals surface area (Å²) in [5.41, 5.74) is 0.312. The maximum Gasteiger partial charge on any atom is 0.339 e. The van der Waals surface area contributed by atoms with Crippen LogP contribution in [0.4, 0.5) is 13.2 Å². The number of halogens is 3. The van der Waals surface area contributed by atoms with Crippen molar-refractivity contribution in [3.8, 4) is 6.07 Å². The lowest BCUT2D eigenvalue weighted by Crippen LogP contribution is -2.47. The van der Waals surface area contributed by atoms with Crippen LogP contribution >= 0.6 is 11.8 Å². The molecule has 0 aliphatic carbocycles. The van der Waals surface area contributed by atoms with Gasteiger partial charge in [0.2, 0.25) is 0 Å². The first-order chi connectivity index (χ1) is 23.1. The summed E-state index contributed by atoms with van der Waals surface area (Å²) in [6.07, 6.45) is 8.61. The van der Waals surface area contributed by atoms with Crippen molar-refractivity contribution in [2.75, 3.05) is 13.2 Å². The molecule has 3 aromatic carbocycles. The highest BCUT2D eigenvalue weighted by molar-refractivity contribution is 8.00. The molecule has 48 heavy (non-hydrogen) atoms. The van der Waals surface area contributed by atoms with Gasteiger partial charge in [0.25, 0.3) is 0 Å². The van der Waals surface area contributed by atoms with E-state index in [0.717, 1.165) is 17.7 Å².